The van der Waals surface area contributed by atoms with Crippen LogP contribution >= 0.6 is 0 Å². The molecule has 0 saturated heterocycles. The van der Waals surface area contributed by atoms with E-state index < -0.39 is 6.10 Å². The molecule has 416 valence electrons. The predicted octanol–water partition coefficient (Wildman–Crippen LogP) is 21.2. The Morgan fingerprint density at radius 1 is 0.282 bits per heavy atom. The van der Waals surface area contributed by atoms with Gasteiger partial charge in [0.05, 0.1) is 0 Å². The molecule has 0 N–H and O–H groups in total. The van der Waals surface area contributed by atoms with Crippen LogP contribution in [0.4, 0.5) is 0 Å². The second-order valence-corrected chi connectivity index (χ2v) is 21.3. The van der Waals surface area contributed by atoms with E-state index in [9.17, 15) is 14.4 Å². The lowest BCUT2D eigenvalue weighted by Gasteiger charge is -2.18. The lowest BCUT2D eigenvalue weighted by atomic mass is 10.0. The van der Waals surface area contributed by atoms with Gasteiger partial charge in [0.2, 0.25) is 0 Å². The molecular formula is C65H120O6. The topological polar surface area (TPSA) is 78.9 Å². The molecule has 1 atom stereocenters. The van der Waals surface area contributed by atoms with Gasteiger partial charge in [0.1, 0.15) is 13.2 Å². The van der Waals surface area contributed by atoms with Crippen LogP contribution in [0.1, 0.15) is 342 Å². The minimum Gasteiger partial charge on any atom is -0.462 e. The zero-order valence-electron chi connectivity index (χ0n) is 47.8. The molecule has 0 amide bonds. The molecule has 0 fully saturated rings. The molecule has 0 bridgehead atoms. The highest BCUT2D eigenvalue weighted by Gasteiger charge is 2.19. The second-order valence-electron chi connectivity index (χ2n) is 21.3. The first kappa shape index (κ1) is 68.6. The van der Waals surface area contributed by atoms with Gasteiger partial charge in [-0.15, -0.1) is 0 Å². The minimum atomic E-state index is -0.770. The highest BCUT2D eigenvalue weighted by atomic mass is 16.6. The molecule has 71 heavy (non-hydrogen) atoms. The van der Waals surface area contributed by atoms with Crippen LogP contribution in [-0.4, -0.2) is 37.2 Å². The van der Waals surface area contributed by atoms with Gasteiger partial charge in [-0.25, -0.2) is 0 Å². The monoisotopic (exact) mass is 997 g/mol. The Morgan fingerprint density at radius 2 is 0.507 bits per heavy atom. The van der Waals surface area contributed by atoms with E-state index in [1.165, 1.54) is 238 Å². The van der Waals surface area contributed by atoms with Crippen molar-refractivity contribution < 1.29 is 28.6 Å². The van der Waals surface area contributed by atoms with E-state index in [2.05, 4.69) is 57.2 Å². The van der Waals surface area contributed by atoms with Crippen molar-refractivity contribution in [2.24, 2.45) is 0 Å². The summed E-state index contributed by atoms with van der Waals surface area (Å²) in [6, 6.07) is 0. The molecule has 0 aliphatic carbocycles. The molecule has 0 rings (SSSR count). The molecule has 1 unspecified atom stereocenters. The van der Waals surface area contributed by atoms with Crippen molar-refractivity contribution in [3.63, 3.8) is 0 Å². The second kappa shape index (κ2) is 60.2. The van der Waals surface area contributed by atoms with Crippen LogP contribution in [0.25, 0.3) is 0 Å². The molecular weight excluding hydrogens is 877 g/mol. The van der Waals surface area contributed by atoms with Crippen LogP contribution in [0.5, 0.6) is 0 Å². The summed E-state index contributed by atoms with van der Waals surface area (Å²) in [5.41, 5.74) is 0. The quantitative estimate of drug-likeness (QED) is 0.0261. The summed E-state index contributed by atoms with van der Waals surface area (Å²) >= 11 is 0. The molecule has 0 aromatic heterocycles. The first-order valence-corrected chi connectivity index (χ1v) is 31.5. The van der Waals surface area contributed by atoms with Crippen molar-refractivity contribution in [2.75, 3.05) is 13.2 Å². The number of hydrogen-bond donors (Lipinski definition) is 0. The summed E-state index contributed by atoms with van der Waals surface area (Å²) in [6.45, 7) is 6.64. The third kappa shape index (κ3) is 58.4. The van der Waals surface area contributed by atoms with Crippen molar-refractivity contribution in [3.8, 4) is 0 Å². The van der Waals surface area contributed by atoms with Crippen LogP contribution in [0.2, 0.25) is 0 Å². The summed E-state index contributed by atoms with van der Waals surface area (Å²) in [7, 11) is 0. The zero-order chi connectivity index (χ0) is 51.4. The van der Waals surface area contributed by atoms with Crippen LogP contribution in [0.3, 0.4) is 0 Å². The molecule has 0 radical (unpaired) electrons. The molecule has 6 nitrogen and oxygen atoms in total. The molecule has 0 aromatic carbocycles. The number of carbonyl (C=O) groups excluding carboxylic acids is 3. The maximum atomic E-state index is 12.8. The fourth-order valence-electron chi connectivity index (χ4n) is 9.35. The summed E-state index contributed by atoms with van der Waals surface area (Å²) in [5.74, 6) is -0.859. The van der Waals surface area contributed by atoms with E-state index >= 15 is 0 Å². The van der Waals surface area contributed by atoms with Crippen molar-refractivity contribution >= 4 is 17.9 Å². The van der Waals surface area contributed by atoms with E-state index in [4.69, 9.17) is 14.2 Å². The molecule has 0 aromatic rings. The van der Waals surface area contributed by atoms with E-state index in [-0.39, 0.29) is 31.1 Å². The average Bonchev–Trinajstić information content (AvgIpc) is 3.37. The summed E-state index contributed by atoms with van der Waals surface area (Å²) < 4.78 is 16.9. The highest BCUT2D eigenvalue weighted by Crippen LogP contribution is 2.17. The van der Waals surface area contributed by atoms with E-state index in [1.54, 1.807) is 0 Å². The normalized spacial score (nSPS) is 12.2. The Kier molecular flexibility index (Phi) is 58.2. The van der Waals surface area contributed by atoms with Crippen LogP contribution in [0, 0.1) is 0 Å². The molecule has 0 aliphatic heterocycles. The van der Waals surface area contributed by atoms with Crippen LogP contribution < -0.4 is 0 Å². The van der Waals surface area contributed by atoms with Gasteiger partial charge in [0.25, 0.3) is 0 Å². The maximum Gasteiger partial charge on any atom is 0.306 e. The van der Waals surface area contributed by atoms with Crippen molar-refractivity contribution in [3.05, 3.63) is 36.5 Å². The predicted molar refractivity (Wildman–Crippen MR) is 307 cm³/mol. The Balaban J connectivity index is 4.11. The molecule has 0 spiro atoms. The SMILES string of the molecule is CCCCCCC/C=C\C/C=C\CCCCCCCCCCCCCCCCCC(=O)OCC(COC(=O)CCCCCCCCCC)OC(=O)CCCCCCCCC/C=C\CCCCCCCCC. The van der Waals surface area contributed by atoms with Gasteiger partial charge in [-0.05, 0) is 77.0 Å². The van der Waals surface area contributed by atoms with Crippen molar-refractivity contribution in [1.82, 2.24) is 0 Å². The zero-order valence-corrected chi connectivity index (χ0v) is 47.8. The third-order valence-electron chi connectivity index (χ3n) is 14.1. The van der Waals surface area contributed by atoms with Gasteiger partial charge in [0, 0.05) is 19.3 Å². The summed E-state index contributed by atoms with van der Waals surface area (Å²) in [5, 5.41) is 0. The lowest BCUT2D eigenvalue weighted by molar-refractivity contribution is -0.167. The Labute approximate surface area is 442 Å². The third-order valence-corrected chi connectivity index (χ3v) is 14.1. The maximum absolute atomic E-state index is 12.8. The van der Waals surface area contributed by atoms with Gasteiger partial charge in [0.15, 0.2) is 6.10 Å². The highest BCUT2D eigenvalue weighted by molar-refractivity contribution is 5.71. The fourth-order valence-corrected chi connectivity index (χ4v) is 9.35. The fraction of sp³-hybridized carbons (Fsp3) is 0.862. The van der Waals surface area contributed by atoms with Gasteiger partial charge in [-0.3, -0.25) is 14.4 Å². The number of rotatable bonds is 58. The molecule has 0 heterocycles. The van der Waals surface area contributed by atoms with Crippen molar-refractivity contribution in [2.45, 2.75) is 348 Å². The average molecular weight is 998 g/mol. The number of hydrogen-bond acceptors (Lipinski definition) is 6. The largest absolute Gasteiger partial charge is 0.462 e. The lowest BCUT2D eigenvalue weighted by Crippen LogP contribution is -2.30. The number of unbranched alkanes of at least 4 members (excludes halogenated alkanes) is 41. The Morgan fingerprint density at radius 3 is 0.789 bits per heavy atom. The number of ether oxygens (including phenoxy) is 3. The van der Waals surface area contributed by atoms with Crippen LogP contribution in [0.15, 0.2) is 36.5 Å². The first-order chi connectivity index (χ1) is 35.0. The number of carbonyl (C=O) groups is 3. The van der Waals surface area contributed by atoms with Gasteiger partial charge >= 0.3 is 17.9 Å². The standard InChI is InChI=1S/C65H120O6/c1-4-7-10-13-16-19-21-23-25-27-29-30-31-32-33-34-35-36-37-39-40-42-44-46-49-52-55-58-64(67)70-61-62(60-69-63(66)57-54-51-48-18-15-12-9-6-3)71-65(68)59-56-53-50-47-45-43-41-38-28-26-24-22-20-17-14-11-8-5-2/h21,23,26-29,62H,4-20,22,24-25,30-61H2,1-3H3/b23-21-,28-26-,29-27-. The van der Waals surface area contributed by atoms with E-state index in [0.717, 1.165) is 64.2 Å². The molecule has 6 heteroatoms. The molecule has 0 aliphatic rings. The van der Waals surface area contributed by atoms with E-state index in [0.29, 0.717) is 19.3 Å². The van der Waals surface area contributed by atoms with Crippen LogP contribution in [-0.2, 0) is 28.6 Å². The minimum absolute atomic E-state index is 0.0699. The summed E-state index contributed by atoms with van der Waals surface area (Å²) in [4.78, 5) is 38.1. The van der Waals surface area contributed by atoms with Gasteiger partial charge < -0.3 is 14.2 Å². The Hall–Kier alpha value is -2.37. The number of allylic oxidation sites excluding steroid dienone is 6. The number of esters is 3. The first-order valence-electron chi connectivity index (χ1n) is 31.5. The van der Waals surface area contributed by atoms with E-state index in [1.807, 2.05) is 0 Å². The smallest absolute Gasteiger partial charge is 0.306 e. The summed E-state index contributed by atoms with van der Waals surface area (Å²) in [6.07, 6.45) is 73.1. The Bertz CT molecular complexity index is 1190. The van der Waals surface area contributed by atoms with Gasteiger partial charge in [-0.1, -0.05) is 282 Å². The van der Waals surface area contributed by atoms with Gasteiger partial charge in [-0.2, -0.15) is 0 Å². The van der Waals surface area contributed by atoms with Crippen molar-refractivity contribution in [1.29, 1.82) is 0 Å². The molecule has 0 saturated carbocycles.